The summed E-state index contributed by atoms with van der Waals surface area (Å²) in [5, 5.41) is 9.39. The zero-order chi connectivity index (χ0) is 13.3. The Labute approximate surface area is 107 Å². The topological polar surface area (TPSA) is 66.6 Å². The van der Waals surface area contributed by atoms with Crippen LogP contribution < -0.4 is 5.73 Å². The number of carbonyl (C=O) groups excluding carboxylic acids is 1. The van der Waals surface area contributed by atoms with Crippen molar-refractivity contribution in [1.82, 2.24) is 4.90 Å². The third-order valence-corrected chi connectivity index (χ3v) is 3.56. The van der Waals surface area contributed by atoms with E-state index in [-0.39, 0.29) is 11.7 Å². The number of nitrogens with two attached hydrogens (primary N) is 1. The lowest BCUT2D eigenvalue weighted by molar-refractivity contribution is -0.136. The zero-order valence-corrected chi connectivity index (χ0v) is 10.9. The Balaban J connectivity index is 2.03. The lowest BCUT2D eigenvalue weighted by Gasteiger charge is -2.29. The van der Waals surface area contributed by atoms with Crippen LogP contribution in [0.3, 0.4) is 0 Å². The first-order valence-electron chi connectivity index (χ1n) is 6.23. The van der Waals surface area contributed by atoms with Crippen LogP contribution in [0.25, 0.3) is 0 Å². The summed E-state index contributed by atoms with van der Waals surface area (Å²) in [5.41, 5.74) is 6.25. The first-order chi connectivity index (χ1) is 8.41. The second-order valence-electron chi connectivity index (χ2n) is 5.39. The number of phenolic OH excluding ortho intramolecular Hbond substituents is 1. The van der Waals surface area contributed by atoms with Crippen molar-refractivity contribution in [2.45, 2.75) is 31.8 Å². The van der Waals surface area contributed by atoms with Crippen molar-refractivity contribution in [3.05, 3.63) is 29.8 Å². The SMILES string of the molecule is CN(Cc1cccc(O)c1)C(=O)C(C)(N)C1CC1. The Kier molecular flexibility index (Phi) is 3.30. The quantitative estimate of drug-likeness (QED) is 0.848. The molecule has 1 aliphatic carbocycles. The third kappa shape index (κ3) is 2.64. The molecule has 1 aromatic rings. The zero-order valence-electron chi connectivity index (χ0n) is 10.9. The fraction of sp³-hybridized carbons (Fsp3) is 0.500. The number of carbonyl (C=O) groups is 1. The van der Waals surface area contributed by atoms with Crippen LogP contribution in [-0.2, 0) is 11.3 Å². The molecule has 2 rings (SSSR count). The minimum Gasteiger partial charge on any atom is -0.508 e. The number of hydrogen-bond donors (Lipinski definition) is 2. The number of aromatic hydroxyl groups is 1. The summed E-state index contributed by atoms with van der Waals surface area (Å²) in [4.78, 5) is 13.9. The molecule has 0 saturated heterocycles. The van der Waals surface area contributed by atoms with E-state index in [1.165, 1.54) is 0 Å². The van der Waals surface area contributed by atoms with E-state index in [1.807, 2.05) is 13.0 Å². The van der Waals surface area contributed by atoms with E-state index in [2.05, 4.69) is 0 Å². The molecule has 4 nitrogen and oxygen atoms in total. The summed E-state index contributed by atoms with van der Waals surface area (Å²) < 4.78 is 0. The standard InChI is InChI=1S/C14H20N2O2/c1-14(15,11-6-7-11)13(18)16(2)9-10-4-3-5-12(17)8-10/h3-5,8,11,17H,6-7,9,15H2,1-2H3. The van der Waals surface area contributed by atoms with Crippen molar-refractivity contribution < 1.29 is 9.90 Å². The molecule has 1 atom stereocenters. The van der Waals surface area contributed by atoms with Crippen LogP contribution in [-0.4, -0.2) is 28.5 Å². The van der Waals surface area contributed by atoms with Gasteiger partial charge in [0, 0.05) is 13.6 Å². The molecule has 18 heavy (non-hydrogen) atoms. The Morgan fingerprint density at radius 2 is 2.22 bits per heavy atom. The number of benzene rings is 1. The summed E-state index contributed by atoms with van der Waals surface area (Å²) in [6.07, 6.45) is 2.08. The number of phenols is 1. The molecule has 0 aromatic heterocycles. The van der Waals surface area contributed by atoms with E-state index in [9.17, 15) is 9.90 Å². The van der Waals surface area contributed by atoms with Gasteiger partial charge in [0.15, 0.2) is 0 Å². The van der Waals surface area contributed by atoms with Gasteiger partial charge >= 0.3 is 0 Å². The maximum Gasteiger partial charge on any atom is 0.242 e. The van der Waals surface area contributed by atoms with Gasteiger partial charge in [-0.2, -0.15) is 0 Å². The first-order valence-corrected chi connectivity index (χ1v) is 6.23. The summed E-state index contributed by atoms with van der Waals surface area (Å²) in [7, 11) is 1.75. The molecule has 0 radical (unpaired) electrons. The smallest absolute Gasteiger partial charge is 0.242 e. The molecule has 98 valence electrons. The lowest BCUT2D eigenvalue weighted by atomic mass is 9.95. The van der Waals surface area contributed by atoms with Crippen molar-refractivity contribution in [2.75, 3.05) is 7.05 Å². The van der Waals surface area contributed by atoms with E-state index in [4.69, 9.17) is 5.73 Å². The lowest BCUT2D eigenvalue weighted by Crippen LogP contribution is -2.53. The molecular formula is C14H20N2O2. The number of rotatable bonds is 4. The maximum atomic E-state index is 12.3. The molecule has 0 aliphatic heterocycles. The molecule has 1 saturated carbocycles. The Morgan fingerprint density at radius 1 is 1.56 bits per heavy atom. The highest BCUT2D eigenvalue weighted by molar-refractivity contribution is 5.86. The highest BCUT2D eigenvalue weighted by atomic mass is 16.3. The third-order valence-electron chi connectivity index (χ3n) is 3.56. The number of hydrogen-bond acceptors (Lipinski definition) is 3. The van der Waals surface area contributed by atoms with Gasteiger partial charge in [-0.05, 0) is 43.4 Å². The van der Waals surface area contributed by atoms with Gasteiger partial charge < -0.3 is 15.7 Å². The van der Waals surface area contributed by atoms with Crippen LogP contribution in [0.5, 0.6) is 5.75 Å². The Hall–Kier alpha value is -1.55. The molecule has 1 amide bonds. The molecule has 0 heterocycles. The van der Waals surface area contributed by atoms with Crippen molar-refractivity contribution in [3.8, 4) is 5.75 Å². The Bertz CT molecular complexity index is 453. The molecule has 1 aromatic carbocycles. The highest BCUT2D eigenvalue weighted by Gasteiger charge is 2.45. The normalized spacial score (nSPS) is 18.2. The minimum atomic E-state index is -0.758. The summed E-state index contributed by atoms with van der Waals surface area (Å²) in [5.74, 6) is 0.496. The molecule has 1 fully saturated rings. The van der Waals surface area contributed by atoms with Gasteiger partial charge in [-0.3, -0.25) is 4.79 Å². The van der Waals surface area contributed by atoms with Crippen molar-refractivity contribution in [1.29, 1.82) is 0 Å². The van der Waals surface area contributed by atoms with Gasteiger partial charge in [-0.25, -0.2) is 0 Å². The average molecular weight is 248 g/mol. The van der Waals surface area contributed by atoms with Gasteiger partial charge in [0.1, 0.15) is 5.75 Å². The van der Waals surface area contributed by atoms with E-state index >= 15 is 0 Å². The van der Waals surface area contributed by atoms with Gasteiger partial charge in [-0.15, -0.1) is 0 Å². The van der Waals surface area contributed by atoms with Crippen LogP contribution in [0.15, 0.2) is 24.3 Å². The van der Waals surface area contributed by atoms with Crippen LogP contribution in [0.1, 0.15) is 25.3 Å². The van der Waals surface area contributed by atoms with E-state index in [1.54, 1.807) is 30.1 Å². The van der Waals surface area contributed by atoms with Gasteiger partial charge in [0.25, 0.3) is 0 Å². The second-order valence-corrected chi connectivity index (χ2v) is 5.39. The van der Waals surface area contributed by atoms with Crippen LogP contribution in [0.4, 0.5) is 0 Å². The number of amides is 1. The molecule has 0 bridgehead atoms. The predicted octanol–water partition coefficient (Wildman–Crippen LogP) is 1.48. The summed E-state index contributed by atoms with van der Waals surface area (Å²) >= 11 is 0. The van der Waals surface area contributed by atoms with Crippen molar-refractivity contribution in [3.63, 3.8) is 0 Å². The molecule has 0 spiro atoms. The minimum absolute atomic E-state index is 0.0339. The monoisotopic (exact) mass is 248 g/mol. The molecular weight excluding hydrogens is 228 g/mol. The average Bonchev–Trinajstić information content (AvgIpc) is 3.11. The fourth-order valence-corrected chi connectivity index (χ4v) is 2.27. The predicted molar refractivity (Wildman–Crippen MR) is 69.9 cm³/mol. The summed E-state index contributed by atoms with van der Waals surface area (Å²) in [6.45, 7) is 2.28. The molecule has 1 aliphatic rings. The van der Waals surface area contributed by atoms with Crippen molar-refractivity contribution >= 4 is 5.91 Å². The van der Waals surface area contributed by atoms with Gasteiger partial charge in [0.2, 0.25) is 5.91 Å². The Morgan fingerprint density at radius 3 is 2.78 bits per heavy atom. The van der Waals surface area contributed by atoms with E-state index in [0.717, 1.165) is 18.4 Å². The van der Waals surface area contributed by atoms with Crippen molar-refractivity contribution in [2.24, 2.45) is 11.7 Å². The number of likely N-dealkylation sites (N-methyl/N-ethyl adjacent to an activating group) is 1. The molecule has 1 unspecified atom stereocenters. The van der Waals surface area contributed by atoms with Crippen LogP contribution >= 0.6 is 0 Å². The largest absolute Gasteiger partial charge is 0.508 e. The highest BCUT2D eigenvalue weighted by Crippen LogP contribution is 2.38. The van der Waals surface area contributed by atoms with E-state index < -0.39 is 5.54 Å². The van der Waals surface area contributed by atoms with Crippen LogP contribution in [0.2, 0.25) is 0 Å². The second kappa shape index (κ2) is 4.61. The maximum absolute atomic E-state index is 12.3. The summed E-state index contributed by atoms with van der Waals surface area (Å²) in [6, 6.07) is 6.93. The van der Waals surface area contributed by atoms with Gasteiger partial charge in [-0.1, -0.05) is 12.1 Å². The van der Waals surface area contributed by atoms with Crippen LogP contribution in [0, 0.1) is 5.92 Å². The first kappa shape index (κ1) is 12.9. The van der Waals surface area contributed by atoms with Gasteiger partial charge in [0.05, 0.1) is 5.54 Å². The molecule has 4 heteroatoms. The fourth-order valence-electron chi connectivity index (χ4n) is 2.27. The molecule has 3 N–H and O–H groups in total. The van der Waals surface area contributed by atoms with E-state index in [0.29, 0.717) is 12.5 Å². The number of nitrogens with zero attached hydrogens (tertiary/aromatic N) is 1.